The summed E-state index contributed by atoms with van der Waals surface area (Å²) in [5.74, 6) is 0. The van der Waals surface area contributed by atoms with Crippen molar-refractivity contribution in [3.05, 3.63) is 28.2 Å². The van der Waals surface area contributed by atoms with Crippen molar-refractivity contribution in [2.75, 3.05) is 0 Å². The molecule has 0 unspecified atom stereocenters. The molecule has 1 aromatic carbocycles. The highest BCUT2D eigenvalue weighted by Crippen LogP contribution is 2.32. The standard InChI is InChI=1S/C10H9Cl2NO2S/c1-10(2,6-13)16(14,15)9-5-7(11)3-4-8(9)12/h3-5H,1-2H3. The van der Waals surface area contributed by atoms with Gasteiger partial charge in [-0.2, -0.15) is 5.26 Å². The summed E-state index contributed by atoms with van der Waals surface area (Å²) in [6, 6.07) is 5.87. The molecule has 0 radical (unpaired) electrons. The number of halogens is 2. The maximum Gasteiger partial charge on any atom is 0.198 e. The molecular formula is C10H9Cl2NO2S. The van der Waals surface area contributed by atoms with Crippen LogP contribution in [-0.4, -0.2) is 13.2 Å². The van der Waals surface area contributed by atoms with E-state index in [2.05, 4.69) is 0 Å². The van der Waals surface area contributed by atoms with Crippen LogP contribution in [-0.2, 0) is 9.84 Å². The van der Waals surface area contributed by atoms with Gasteiger partial charge in [-0.3, -0.25) is 0 Å². The van der Waals surface area contributed by atoms with E-state index in [0.717, 1.165) is 0 Å². The zero-order valence-electron chi connectivity index (χ0n) is 8.66. The summed E-state index contributed by atoms with van der Waals surface area (Å²) in [4.78, 5) is -0.117. The fraction of sp³-hybridized carbons (Fsp3) is 0.300. The summed E-state index contributed by atoms with van der Waals surface area (Å²) in [7, 11) is -3.82. The average Bonchev–Trinajstić information content (AvgIpc) is 2.21. The van der Waals surface area contributed by atoms with Gasteiger partial charge in [0.25, 0.3) is 0 Å². The second-order valence-corrected chi connectivity index (χ2v) is 7.01. The molecule has 0 bridgehead atoms. The third-order valence-corrected chi connectivity index (χ3v) is 5.15. The zero-order valence-corrected chi connectivity index (χ0v) is 11.0. The van der Waals surface area contributed by atoms with E-state index in [1.165, 1.54) is 32.0 Å². The smallest absolute Gasteiger partial charge is 0.198 e. The Hall–Kier alpha value is -0.760. The van der Waals surface area contributed by atoms with Gasteiger partial charge in [0, 0.05) is 5.02 Å². The third-order valence-electron chi connectivity index (χ3n) is 2.12. The van der Waals surface area contributed by atoms with E-state index in [4.69, 9.17) is 28.5 Å². The zero-order chi connectivity index (χ0) is 12.6. The second kappa shape index (κ2) is 4.25. The predicted molar refractivity (Wildman–Crippen MR) is 63.3 cm³/mol. The maximum atomic E-state index is 12.1. The summed E-state index contributed by atoms with van der Waals surface area (Å²) < 4.78 is 22.6. The lowest BCUT2D eigenvalue weighted by molar-refractivity contribution is 0.574. The molecule has 0 saturated carbocycles. The molecule has 6 heteroatoms. The Labute approximate surface area is 105 Å². The minimum absolute atomic E-state index is 0.0627. The lowest BCUT2D eigenvalue weighted by Gasteiger charge is -2.17. The van der Waals surface area contributed by atoms with Crippen LogP contribution in [0.1, 0.15) is 13.8 Å². The number of rotatable bonds is 2. The van der Waals surface area contributed by atoms with Gasteiger partial charge in [0.1, 0.15) is 0 Å². The molecule has 0 heterocycles. The van der Waals surface area contributed by atoms with Gasteiger partial charge in [-0.15, -0.1) is 0 Å². The number of sulfone groups is 1. The number of nitriles is 1. The first kappa shape index (κ1) is 13.3. The Morgan fingerprint density at radius 3 is 2.38 bits per heavy atom. The van der Waals surface area contributed by atoms with Crippen molar-refractivity contribution in [1.29, 1.82) is 5.26 Å². The largest absolute Gasteiger partial charge is 0.222 e. The summed E-state index contributed by atoms with van der Waals surface area (Å²) in [6.07, 6.45) is 0. The Balaban J connectivity index is 3.52. The van der Waals surface area contributed by atoms with Gasteiger partial charge in [0.15, 0.2) is 14.6 Å². The fourth-order valence-corrected chi connectivity index (χ4v) is 2.95. The van der Waals surface area contributed by atoms with Crippen LogP contribution in [0, 0.1) is 11.3 Å². The van der Waals surface area contributed by atoms with E-state index in [-0.39, 0.29) is 14.9 Å². The molecule has 1 aromatic rings. The van der Waals surface area contributed by atoms with Gasteiger partial charge in [-0.1, -0.05) is 23.2 Å². The number of hydrogen-bond acceptors (Lipinski definition) is 3. The van der Waals surface area contributed by atoms with Crippen LogP contribution in [0.5, 0.6) is 0 Å². The molecule has 0 saturated heterocycles. The Morgan fingerprint density at radius 2 is 1.88 bits per heavy atom. The highest BCUT2D eigenvalue weighted by molar-refractivity contribution is 7.93. The van der Waals surface area contributed by atoms with Crippen molar-refractivity contribution in [2.45, 2.75) is 23.5 Å². The minimum Gasteiger partial charge on any atom is -0.222 e. The van der Waals surface area contributed by atoms with Crippen LogP contribution in [0.15, 0.2) is 23.1 Å². The quantitative estimate of drug-likeness (QED) is 0.835. The highest BCUT2D eigenvalue weighted by atomic mass is 35.5. The van der Waals surface area contributed by atoms with Crippen molar-refractivity contribution >= 4 is 33.0 Å². The van der Waals surface area contributed by atoms with Crippen molar-refractivity contribution in [2.24, 2.45) is 0 Å². The lowest BCUT2D eigenvalue weighted by atomic mass is 10.2. The molecular weight excluding hydrogens is 269 g/mol. The van der Waals surface area contributed by atoms with E-state index < -0.39 is 14.6 Å². The van der Waals surface area contributed by atoms with Crippen molar-refractivity contribution < 1.29 is 8.42 Å². The molecule has 1 rings (SSSR count). The van der Waals surface area contributed by atoms with Gasteiger partial charge >= 0.3 is 0 Å². The molecule has 0 aliphatic rings. The molecule has 16 heavy (non-hydrogen) atoms. The van der Waals surface area contributed by atoms with Crippen LogP contribution < -0.4 is 0 Å². The number of nitrogens with zero attached hydrogens (tertiary/aromatic N) is 1. The van der Waals surface area contributed by atoms with Crippen molar-refractivity contribution in [3.63, 3.8) is 0 Å². The van der Waals surface area contributed by atoms with E-state index in [9.17, 15) is 8.42 Å². The van der Waals surface area contributed by atoms with Gasteiger partial charge in [-0.25, -0.2) is 8.42 Å². The van der Waals surface area contributed by atoms with E-state index in [1.54, 1.807) is 6.07 Å². The maximum absolute atomic E-state index is 12.1. The Morgan fingerprint density at radius 1 is 1.31 bits per heavy atom. The van der Waals surface area contributed by atoms with Crippen LogP contribution in [0.3, 0.4) is 0 Å². The number of benzene rings is 1. The normalized spacial score (nSPS) is 12.2. The molecule has 86 valence electrons. The first-order valence-electron chi connectivity index (χ1n) is 4.33. The predicted octanol–water partition coefficient (Wildman–Crippen LogP) is 3.07. The molecule has 0 spiro atoms. The highest BCUT2D eigenvalue weighted by Gasteiger charge is 2.37. The summed E-state index contributed by atoms with van der Waals surface area (Å²) in [6.45, 7) is 2.64. The fourth-order valence-electron chi connectivity index (χ4n) is 1.02. The van der Waals surface area contributed by atoms with E-state index >= 15 is 0 Å². The van der Waals surface area contributed by atoms with Crippen LogP contribution in [0.4, 0.5) is 0 Å². The Bertz CT molecular complexity index is 559. The van der Waals surface area contributed by atoms with Gasteiger partial charge in [-0.05, 0) is 32.0 Å². The van der Waals surface area contributed by atoms with Gasteiger partial charge in [0.2, 0.25) is 0 Å². The second-order valence-electron chi connectivity index (χ2n) is 3.70. The molecule has 0 atom stereocenters. The number of hydrogen-bond donors (Lipinski definition) is 0. The van der Waals surface area contributed by atoms with Gasteiger partial charge in [0.05, 0.1) is 16.0 Å². The third kappa shape index (κ3) is 2.17. The van der Waals surface area contributed by atoms with Crippen LogP contribution >= 0.6 is 23.2 Å². The SMILES string of the molecule is CC(C)(C#N)S(=O)(=O)c1cc(Cl)ccc1Cl. The lowest BCUT2D eigenvalue weighted by Crippen LogP contribution is -2.30. The Kier molecular flexibility index (Phi) is 3.53. The summed E-state index contributed by atoms with van der Waals surface area (Å²) in [5.41, 5.74) is 0. The van der Waals surface area contributed by atoms with Crippen LogP contribution in [0.25, 0.3) is 0 Å². The van der Waals surface area contributed by atoms with Crippen molar-refractivity contribution in [3.8, 4) is 6.07 Å². The summed E-state index contributed by atoms with van der Waals surface area (Å²) in [5, 5.41) is 9.17. The average molecular weight is 278 g/mol. The van der Waals surface area contributed by atoms with Crippen molar-refractivity contribution in [1.82, 2.24) is 0 Å². The molecule has 3 nitrogen and oxygen atoms in total. The van der Waals surface area contributed by atoms with Gasteiger partial charge < -0.3 is 0 Å². The first-order chi connectivity index (χ1) is 7.22. The molecule has 0 amide bonds. The van der Waals surface area contributed by atoms with E-state index in [1.807, 2.05) is 0 Å². The topological polar surface area (TPSA) is 57.9 Å². The summed E-state index contributed by atoms with van der Waals surface area (Å²) >= 11 is 11.5. The van der Waals surface area contributed by atoms with E-state index in [0.29, 0.717) is 0 Å². The molecule has 0 fully saturated rings. The molecule has 0 N–H and O–H groups in total. The first-order valence-corrected chi connectivity index (χ1v) is 6.57. The molecule has 0 aromatic heterocycles. The molecule has 0 aliphatic carbocycles. The minimum atomic E-state index is -3.82. The van der Waals surface area contributed by atoms with Crippen LogP contribution in [0.2, 0.25) is 10.0 Å². The monoisotopic (exact) mass is 277 g/mol. The molecule has 0 aliphatic heterocycles.